The molecule has 0 saturated heterocycles. The van der Waals surface area contributed by atoms with E-state index in [1.807, 2.05) is 91.9 Å². The van der Waals surface area contributed by atoms with Crippen molar-refractivity contribution in [3.8, 4) is 0 Å². The standard InChI is InChI=1S/C33H39N3O4S/c1-3-25(23-30(4-2)41(40)36-31(24-32(37)38)27-16-7-5-8-17-27)13-11-14-26-15-12-20-29(22-21-26)35-33(39)34-28-18-9-6-10-19-28/h3-10,12,15-20,23,29,31,36H,2,11,13-14,21-22,24H2,1H3,(H,37,38)(H2,34,35,39)/b25-3-,30-23+. The number of aliphatic carboxylic acids is 1. The smallest absolute Gasteiger partial charge is 0.319 e. The number of amides is 2. The Morgan fingerprint density at radius 1 is 1.12 bits per heavy atom. The number of nitrogens with one attached hydrogen (secondary N) is 3. The number of carbonyl (C=O) groups is 2. The highest BCUT2D eigenvalue weighted by molar-refractivity contribution is 7.87. The van der Waals surface area contributed by atoms with E-state index in [9.17, 15) is 18.9 Å². The molecule has 3 unspecified atom stereocenters. The zero-order valence-electron chi connectivity index (χ0n) is 23.4. The van der Waals surface area contributed by atoms with Gasteiger partial charge in [-0.3, -0.25) is 4.79 Å². The fourth-order valence-corrected chi connectivity index (χ4v) is 5.53. The Labute approximate surface area is 245 Å². The molecule has 0 bridgehead atoms. The second-order valence-corrected chi connectivity index (χ2v) is 11.0. The topological polar surface area (TPSA) is 108 Å². The highest BCUT2D eigenvalue weighted by atomic mass is 32.2. The third-order valence-corrected chi connectivity index (χ3v) is 7.92. The van der Waals surface area contributed by atoms with Gasteiger partial charge in [0, 0.05) is 11.7 Å². The Kier molecular flexibility index (Phi) is 13.0. The minimum Gasteiger partial charge on any atom is -0.481 e. The molecule has 2 aromatic carbocycles. The van der Waals surface area contributed by atoms with Crippen LogP contribution in [0.1, 0.15) is 57.1 Å². The highest BCUT2D eigenvalue weighted by Gasteiger charge is 2.19. The first-order chi connectivity index (χ1) is 19.9. The van der Waals surface area contributed by atoms with Crippen LogP contribution in [-0.2, 0) is 15.8 Å². The summed E-state index contributed by atoms with van der Waals surface area (Å²) < 4.78 is 16.1. The van der Waals surface area contributed by atoms with Gasteiger partial charge in [0.1, 0.15) is 11.0 Å². The average molecular weight is 574 g/mol. The second kappa shape index (κ2) is 16.9. The molecule has 7 nitrogen and oxygen atoms in total. The van der Waals surface area contributed by atoms with Gasteiger partial charge >= 0.3 is 12.0 Å². The summed E-state index contributed by atoms with van der Waals surface area (Å²) in [5.74, 6) is -0.971. The van der Waals surface area contributed by atoms with Crippen LogP contribution < -0.4 is 15.4 Å². The van der Waals surface area contributed by atoms with Gasteiger partial charge in [-0.1, -0.05) is 96.6 Å². The number of carboxylic acid groups (broad SMARTS) is 1. The summed E-state index contributed by atoms with van der Waals surface area (Å²) in [7, 11) is -1.63. The number of carboxylic acids is 1. The Morgan fingerprint density at radius 2 is 1.83 bits per heavy atom. The van der Waals surface area contributed by atoms with Gasteiger partial charge in [0.15, 0.2) is 0 Å². The van der Waals surface area contributed by atoms with Crippen molar-refractivity contribution in [3.63, 3.8) is 0 Å². The lowest BCUT2D eigenvalue weighted by Gasteiger charge is -2.17. The highest BCUT2D eigenvalue weighted by Crippen LogP contribution is 2.23. The Bertz CT molecular complexity index is 1320. The summed E-state index contributed by atoms with van der Waals surface area (Å²) in [4.78, 5) is 24.3. The maximum Gasteiger partial charge on any atom is 0.319 e. The molecule has 0 heterocycles. The van der Waals surface area contributed by atoms with Crippen LogP contribution in [0.4, 0.5) is 10.5 Å². The molecule has 0 fully saturated rings. The maximum absolute atomic E-state index is 13.1. The van der Waals surface area contributed by atoms with Crippen LogP contribution >= 0.6 is 0 Å². The molecule has 0 saturated carbocycles. The molecule has 0 aromatic heterocycles. The number of hydrogen-bond acceptors (Lipinski definition) is 3. The lowest BCUT2D eigenvalue weighted by Crippen LogP contribution is -2.36. The first-order valence-corrected chi connectivity index (χ1v) is 15.0. The molecule has 1 aliphatic rings. The molecule has 3 atom stereocenters. The Hall–Kier alpha value is -4.01. The number of hydrogen-bond donors (Lipinski definition) is 4. The molecular formula is C33H39N3O4S. The maximum atomic E-state index is 13.1. The van der Waals surface area contributed by atoms with Crippen LogP contribution in [0.3, 0.4) is 0 Å². The SMILES string of the molecule is C=C/C(=C\C(=C/C)CCCC1=CC=CC(NC(=O)Nc2ccccc2)CC1)S(=O)NC(CC(=O)O)c1ccccc1. The van der Waals surface area contributed by atoms with Crippen molar-refractivity contribution >= 4 is 28.7 Å². The number of rotatable bonds is 14. The van der Waals surface area contributed by atoms with Gasteiger partial charge < -0.3 is 15.7 Å². The predicted octanol–water partition coefficient (Wildman–Crippen LogP) is 7.11. The van der Waals surface area contributed by atoms with Crippen LogP contribution in [0.2, 0.25) is 0 Å². The number of benzene rings is 2. The van der Waals surface area contributed by atoms with Crippen LogP contribution in [0, 0.1) is 0 Å². The van der Waals surface area contributed by atoms with Crippen LogP contribution in [0.5, 0.6) is 0 Å². The summed E-state index contributed by atoms with van der Waals surface area (Å²) in [6.45, 7) is 5.78. The molecule has 0 radical (unpaired) electrons. The van der Waals surface area contributed by atoms with E-state index >= 15 is 0 Å². The summed E-state index contributed by atoms with van der Waals surface area (Å²) in [6, 6.07) is 17.7. The van der Waals surface area contributed by atoms with Gasteiger partial charge in [0.25, 0.3) is 0 Å². The van der Waals surface area contributed by atoms with E-state index in [0.29, 0.717) is 4.91 Å². The van der Waals surface area contributed by atoms with Gasteiger partial charge in [0.05, 0.1) is 17.4 Å². The second-order valence-electron chi connectivity index (χ2n) is 9.74. The molecular weight excluding hydrogens is 534 g/mol. The van der Waals surface area contributed by atoms with E-state index in [0.717, 1.165) is 48.9 Å². The van der Waals surface area contributed by atoms with Crippen LogP contribution in [0.25, 0.3) is 0 Å². The van der Waals surface area contributed by atoms with Crippen molar-refractivity contribution < 1.29 is 18.9 Å². The van der Waals surface area contributed by atoms with Gasteiger partial charge in [-0.15, -0.1) is 0 Å². The van der Waals surface area contributed by atoms with Crippen molar-refractivity contribution in [3.05, 3.63) is 125 Å². The Balaban J connectivity index is 1.49. The molecule has 216 valence electrons. The molecule has 0 spiro atoms. The van der Waals surface area contributed by atoms with Crippen molar-refractivity contribution in [2.45, 2.75) is 57.5 Å². The normalized spacial score (nSPS) is 17.1. The minimum absolute atomic E-state index is 0.0417. The molecule has 41 heavy (non-hydrogen) atoms. The molecule has 1 aliphatic carbocycles. The number of allylic oxidation sites excluding steroid dienone is 7. The summed E-state index contributed by atoms with van der Waals surface area (Å²) in [5.41, 5.74) is 3.87. The number of carbonyl (C=O) groups excluding carboxylic acids is 1. The molecule has 2 amide bonds. The first-order valence-electron chi connectivity index (χ1n) is 13.8. The fraction of sp³-hybridized carbons (Fsp3) is 0.273. The number of anilines is 1. The van der Waals surface area contributed by atoms with E-state index in [1.165, 1.54) is 5.57 Å². The van der Waals surface area contributed by atoms with Gasteiger partial charge in [-0.25, -0.2) is 13.7 Å². The van der Waals surface area contributed by atoms with Crippen LogP contribution in [-0.4, -0.2) is 27.4 Å². The number of para-hydroxylation sites is 1. The van der Waals surface area contributed by atoms with E-state index in [4.69, 9.17) is 0 Å². The van der Waals surface area contributed by atoms with Gasteiger partial charge in [0.2, 0.25) is 0 Å². The largest absolute Gasteiger partial charge is 0.481 e. The summed E-state index contributed by atoms with van der Waals surface area (Å²) >= 11 is 0. The van der Waals surface area contributed by atoms with E-state index in [2.05, 4.69) is 28.0 Å². The average Bonchev–Trinajstić information content (AvgIpc) is 3.20. The first kappa shape index (κ1) is 31.5. The van der Waals surface area contributed by atoms with Crippen molar-refractivity contribution in [1.29, 1.82) is 0 Å². The zero-order chi connectivity index (χ0) is 29.5. The lowest BCUT2D eigenvalue weighted by molar-refractivity contribution is -0.137. The molecule has 0 aliphatic heterocycles. The van der Waals surface area contributed by atoms with Crippen molar-refractivity contribution in [1.82, 2.24) is 10.0 Å². The zero-order valence-corrected chi connectivity index (χ0v) is 24.2. The summed E-state index contributed by atoms with van der Waals surface area (Å²) in [5, 5.41) is 15.2. The Morgan fingerprint density at radius 3 is 2.49 bits per heavy atom. The van der Waals surface area contributed by atoms with Crippen LogP contribution in [0.15, 0.2) is 120 Å². The van der Waals surface area contributed by atoms with Gasteiger partial charge in [-0.05, 0) is 62.8 Å². The van der Waals surface area contributed by atoms with Crippen molar-refractivity contribution in [2.24, 2.45) is 0 Å². The summed E-state index contributed by atoms with van der Waals surface area (Å²) in [6.07, 6.45) is 15.7. The van der Waals surface area contributed by atoms with E-state index < -0.39 is 23.0 Å². The van der Waals surface area contributed by atoms with E-state index in [1.54, 1.807) is 6.08 Å². The molecule has 4 N–H and O–H groups in total. The third kappa shape index (κ3) is 11.2. The third-order valence-electron chi connectivity index (χ3n) is 6.71. The molecule has 2 aromatic rings. The minimum atomic E-state index is -1.63. The van der Waals surface area contributed by atoms with Gasteiger partial charge in [-0.2, -0.15) is 0 Å². The quantitative estimate of drug-likeness (QED) is 0.181. The number of urea groups is 1. The fourth-order valence-electron chi connectivity index (χ4n) is 4.51. The molecule has 3 rings (SSSR count). The lowest BCUT2D eigenvalue weighted by atomic mass is 10.00. The monoisotopic (exact) mass is 573 g/mol. The molecule has 8 heteroatoms. The predicted molar refractivity (Wildman–Crippen MR) is 167 cm³/mol. The van der Waals surface area contributed by atoms with E-state index in [-0.39, 0.29) is 18.5 Å². The van der Waals surface area contributed by atoms with Crippen molar-refractivity contribution in [2.75, 3.05) is 5.32 Å².